The molecule has 1 fully saturated rings. The zero-order valence-corrected chi connectivity index (χ0v) is 23.9. The smallest absolute Gasteiger partial charge is 0.452 e. The van der Waals surface area contributed by atoms with Gasteiger partial charge < -0.3 is 26.4 Å². The van der Waals surface area contributed by atoms with Crippen LogP contribution in [0.25, 0.3) is 0 Å². The minimum atomic E-state index is -5.26. The molecule has 11 nitrogen and oxygen atoms in total. The highest BCUT2D eigenvalue weighted by Gasteiger charge is 2.57. The number of nitrogens with two attached hydrogens (primary N) is 1. The van der Waals surface area contributed by atoms with Gasteiger partial charge in [-0.25, -0.2) is 0 Å². The fourth-order valence-corrected chi connectivity index (χ4v) is 4.68. The zero-order valence-electron chi connectivity index (χ0n) is 23.9. The molecule has 1 heterocycles. The van der Waals surface area contributed by atoms with Crippen molar-refractivity contribution in [1.82, 2.24) is 15.5 Å². The number of rotatable bonds is 13. The Kier molecular flexibility index (Phi) is 11.4. The second-order valence-corrected chi connectivity index (χ2v) is 10.9. The number of hydrogen-bond donors (Lipinski definition) is 4. The molecule has 1 aliphatic heterocycles. The molecule has 2 rings (SSSR count). The number of amides is 3. The first kappa shape index (κ1) is 34.4. The highest BCUT2D eigenvalue weighted by atomic mass is 19.4. The van der Waals surface area contributed by atoms with Gasteiger partial charge in [0.1, 0.15) is 0 Å². The number of aliphatic carboxylic acids is 1. The normalized spacial score (nSPS) is 18.5. The molecule has 1 aliphatic rings. The fraction of sp³-hybridized carbons (Fsp3) is 0.571. The van der Waals surface area contributed by atoms with Gasteiger partial charge in [0.2, 0.25) is 5.91 Å². The molecule has 1 saturated heterocycles. The number of nitrogens with one attached hydrogen (secondary N) is 2. The van der Waals surface area contributed by atoms with Crippen LogP contribution in [0.2, 0.25) is 0 Å². The van der Waals surface area contributed by atoms with Gasteiger partial charge >= 0.3 is 12.1 Å². The van der Waals surface area contributed by atoms with Gasteiger partial charge in [-0.3, -0.25) is 28.8 Å². The van der Waals surface area contributed by atoms with E-state index < -0.39 is 70.9 Å². The summed E-state index contributed by atoms with van der Waals surface area (Å²) >= 11 is 0. The average molecular weight is 599 g/mol. The summed E-state index contributed by atoms with van der Waals surface area (Å²) in [7, 11) is 0. The van der Waals surface area contributed by atoms with E-state index >= 15 is 0 Å². The van der Waals surface area contributed by atoms with Crippen molar-refractivity contribution in [3.8, 4) is 0 Å². The van der Waals surface area contributed by atoms with Crippen LogP contribution in [0.3, 0.4) is 0 Å². The van der Waals surface area contributed by atoms with Gasteiger partial charge in [-0.2, -0.15) is 13.2 Å². The minimum Gasteiger partial charge on any atom is -0.481 e. The number of ketones is 2. The monoisotopic (exact) mass is 598 g/mol. The van der Waals surface area contributed by atoms with E-state index in [1.54, 1.807) is 13.8 Å². The van der Waals surface area contributed by atoms with Crippen molar-refractivity contribution in [3.63, 3.8) is 0 Å². The predicted molar refractivity (Wildman–Crippen MR) is 144 cm³/mol. The van der Waals surface area contributed by atoms with Gasteiger partial charge in [0.25, 0.3) is 17.6 Å². The van der Waals surface area contributed by atoms with Crippen LogP contribution < -0.4 is 16.4 Å². The first-order valence-corrected chi connectivity index (χ1v) is 13.6. The standard InChI is InChI=1S/C28H37F3N4O7/c1-15(2)20(32)25(41)35-14-6-12-27(35,26(42)34-21(16(3)4)23(39)28(29,30)31)22(38)17-8-10-18(11-9-17)24(40)33-13-5-7-19(36)37/h8-11,15-16,20-21H,5-7,12-14,32H2,1-4H3,(H,33,40)(H,34,42)(H,36,37)/t20-,21?,27+/m0/s1. The largest absolute Gasteiger partial charge is 0.481 e. The molecule has 5 N–H and O–H groups in total. The molecule has 0 radical (unpaired) electrons. The van der Waals surface area contributed by atoms with Crippen LogP contribution >= 0.6 is 0 Å². The van der Waals surface area contributed by atoms with Gasteiger partial charge in [0.05, 0.1) is 12.1 Å². The first-order valence-electron chi connectivity index (χ1n) is 13.6. The van der Waals surface area contributed by atoms with Crippen molar-refractivity contribution in [2.24, 2.45) is 17.6 Å². The third-order valence-corrected chi connectivity index (χ3v) is 7.18. The van der Waals surface area contributed by atoms with Crippen LogP contribution in [0.1, 0.15) is 74.1 Å². The van der Waals surface area contributed by atoms with Crippen LogP contribution in [0.4, 0.5) is 13.2 Å². The lowest BCUT2D eigenvalue weighted by atomic mass is 9.83. The Balaban J connectivity index is 2.48. The number of carbonyl (C=O) groups excluding carboxylic acids is 5. The summed E-state index contributed by atoms with van der Waals surface area (Å²) in [6, 6.07) is 1.94. The number of carboxylic acid groups (broad SMARTS) is 1. The SMILES string of the molecule is CC(C)C(NC(=O)[C@]1(C(=O)c2ccc(C(=O)NCCCC(=O)O)cc2)CCCN1C(=O)[C@@H](N)C(C)C)C(=O)C(F)(F)F. The van der Waals surface area contributed by atoms with Crippen molar-refractivity contribution >= 4 is 35.3 Å². The van der Waals surface area contributed by atoms with Gasteiger partial charge in [-0.05, 0) is 43.2 Å². The maximum absolute atomic E-state index is 14.0. The summed E-state index contributed by atoms with van der Waals surface area (Å²) in [6.45, 7) is 5.95. The van der Waals surface area contributed by atoms with Crippen LogP contribution in [0.5, 0.6) is 0 Å². The quantitative estimate of drug-likeness (QED) is 0.152. The van der Waals surface area contributed by atoms with Crippen molar-refractivity contribution in [2.75, 3.05) is 13.1 Å². The average Bonchev–Trinajstić information content (AvgIpc) is 3.37. The second kappa shape index (κ2) is 13.9. The number of benzene rings is 1. The lowest BCUT2D eigenvalue weighted by molar-refractivity contribution is -0.175. The molecule has 42 heavy (non-hydrogen) atoms. The Morgan fingerprint density at radius 1 is 1.00 bits per heavy atom. The molecule has 1 aromatic rings. The predicted octanol–water partition coefficient (Wildman–Crippen LogP) is 2.08. The van der Waals surface area contributed by atoms with Crippen LogP contribution in [0.15, 0.2) is 24.3 Å². The summed E-state index contributed by atoms with van der Waals surface area (Å²) in [5.74, 6) is -8.01. The third kappa shape index (κ3) is 7.72. The summed E-state index contributed by atoms with van der Waals surface area (Å²) in [5, 5.41) is 13.4. The number of nitrogens with zero attached hydrogens (tertiary/aromatic N) is 1. The number of hydrogen-bond acceptors (Lipinski definition) is 7. The van der Waals surface area contributed by atoms with E-state index in [0.717, 1.165) is 4.90 Å². The zero-order chi connectivity index (χ0) is 32.0. The van der Waals surface area contributed by atoms with E-state index in [1.807, 2.05) is 0 Å². The molecule has 0 saturated carbocycles. The van der Waals surface area contributed by atoms with Crippen LogP contribution in [0, 0.1) is 11.8 Å². The molecule has 1 unspecified atom stereocenters. The topological polar surface area (TPSA) is 176 Å². The van der Waals surface area contributed by atoms with Crippen molar-refractivity contribution in [2.45, 2.75) is 77.2 Å². The Hall–Kier alpha value is -3.81. The Morgan fingerprint density at radius 2 is 1.57 bits per heavy atom. The number of likely N-dealkylation sites (tertiary alicyclic amines) is 1. The number of halogens is 3. The summed E-state index contributed by atoms with van der Waals surface area (Å²) in [4.78, 5) is 77.4. The summed E-state index contributed by atoms with van der Waals surface area (Å²) < 4.78 is 40.0. The fourth-order valence-electron chi connectivity index (χ4n) is 4.68. The molecule has 0 aromatic heterocycles. The molecule has 232 valence electrons. The van der Waals surface area contributed by atoms with E-state index in [2.05, 4.69) is 10.6 Å². The number of carboxylic acids is 1. The highest BCUT2D eigenvalue weighted by molar-refractivity contribution is 6.20. The van der Waals surface area contributed by atoms with Gasteiger partial charge in [0.15, 0.2) is 11.3 Å². The van der Waals surface area contributed by atoms with E-state index in [0.29, 0.717) is 0 Å². The van der Waals surface area contributed by atoms with E-state index in [1.165, 1.54) is 38.1 Å². The molecule has 1 aromatic carbocycles. The van der Waals surface area contributed by atoms with Crippen LogP contribution in [-0.2, 0) is 19.2 Å². The molecule has 3 amide bonds. The second-order valence-electron chi connectivity index (χ2n) is 10.9. The molecule has 0 spiro atoms. The van der Waals surface area contributed by atoms with Crippen molar-refractivity contribution in [3.05, 3.63) is 35.4 Å². The maximum atomic E-state index is 14.0. The Morgan fingerprint density at radius 3 is 2.07 bits per heavy atom. The highest BCUT2D eigenvalue weighted by Crippen LogP contribution is 2.35. The third-order valence-electron chi connectivity index (χ3n) is 7.18. The van der Waals surface area contributed by atoms with E-state index in [-0.39, 0.29) is 49.9 Å². The minimum absolute atomic E-state index is 0.0746. The Labute approximate surface area is 241 Å². The molecule has 3 atom stereocenters. The summed E-state index contributed by atoms with van der Waals surface area (Å²) in [5.41, 5.74) is 3.79. The van der Waals surface area contributed by atoms with Gasteiger partial charge in [-0.1, -0.05) is 39.8 Å². The maximum Gasteiger partial charge on any atom is 0.452 e. The van der Waals surface area contributed by atoms with Crippen LogP contribution in [-0.4, -0.2) is 82.2 Å². The number of carbonyl (C=O) groups is 6. The molecule has 0 aliphatic carbocycles. The van der Waals surface area contributed by atoms with E-state index in [4.69, 9.17) is 10.8 Å². The van der Waals surface area contributed by atoms with E-state index in [9.17, 15) is 41.9 Å². The van der Waals surface area contributed by atoms with Gasteiger partial charge in [0, 0.05) is 30.6 Å². The summed E-state index contributed by atoms with van der Waals surface area (Å²) in [6.07, 6.45) is -5.27. The lowest BCUT2D eigenvalue weighted by Gasteiger charge is -2.39. The van der Waals surface area contributed by atoms with Gasteiger partial charge in [-0.15, -0.1) is 0 Å². The Bertz CT molecular complexity index is 1200. The first-order chi connectivity index (χ1) is 19.4. The molecular weight excluding hydrogens is 561 g/mol. The van der Waals surface area contributed by atoms with Crippen molar-refractivity contribution < 1.29 is 47.0 Å². The molecule has 0 bridgehead atoms. The molecule has 14 heteroatoms. The molecular formula is C28H37F3N4O7. The number of alkyl halides is 3. The number of Topliss-reactive ketones (excluding diaryl/α,β-unsaturated/α-hetero) is 2. The lowest BCUT2D eigenvalue weighted by Crippen LogP contribution is -2.67. The van der Waals surface area contributed by atoms with Crippen molar-refractivity contribution in [1.29, 1.82) is 0 Å².